The topological polar surface area (TPSA) is 82.2 Å². The molecule has 0 unspecified atom stereocenters. The Labute approximate surface area is 183 Å². The number of carbonyl (C=O) groups is 1. The third-order valence-electron chi connectivity index (χ3n) is 5.68. The zero-order valence-corrected chi connectivity index (χ0v) is 18.0. The van der Waals surface area contributed by atoms with Crippen LogP contribution in [0.25, 0.3) is 10.9 Å². The second-order valence-corrected chi connectivity index (χ2v) is 8.12. The predicted molar refractivity (Wildman–Crippen MR) is 125 cm³/mol. The monoisotopic (exact) mass is 418 g/mol. The Morgan fingerprint density at radius 2 is 1.87 bits per heavy atom. The fraction of sp³-hybridized carbons (Fsp3) is 0.375. The minimum Gasteiger partial charge on any atom is -0.368 e. The number of hydrogen-bond donors (Lipinski definition) is 3. The lowest BCUT2D eigenvalue weighted by molar-refractivity contribution is 0.241. The molecule has 2 aromatic heterocycles. The van der Waals surface area contributed by atoms with E-state index in [-0.39, 0.29) is 6.03 Å². The standard InChI is InChI=1S/C24H30N6O/c1-18-10-14-30(15-11-18)23-9-6-19(16-27-23)17-28-24(31)26-13-12-25-22-8-7-20-4-2-3-5-21(20)29-22/h2-9,16,18H,10-15,17H2,1H3,(H,25,29)(H2,26,28,31). The van der Waals surface area contributed by atoms with Gasteiger partial charge >= 0.3 is 6.03 Å². The molecular formula is C24H30N6O. The summed E-state index contributed by atoms with van der Waals surface area (Å²) in [5.41, 5.74) is 1.94. The van der Waals surface area contributed by atoms with Crippen molar-refractivity contribution in [1.29, 1.82) is 0 Å². The molecule has 1 aliphatic rings. The molecular weight excluding hydrogens is 388 g/mol. The molecule has 2 amide bonds. The molecule has 1 aromatic carbocycles. The van der Waals surface area contributed by atoms with Crippen LogP contribution in [0.15, 0.2) is 54.7 Å². The van der Waals surface area contributed by atoms with Crippen molar-refractivity contribution in [3.63, 3.8) is 0 Å². The highest BCUT2D eigenvalue weighted by atomic mass is 16.2. The predicted octanol–water partition coefficient (Wildman–Crippen LogP) is 3.78. The van der Waals surface area contributed by atoms with Crippen molar-refractivity contribution in [2.75, 3.05) is 36.4 Å². The van der Waals surface area contributed by atoms with Gasteiger partial charge in [0.1, 0.15) is 11.6 Å². The van der Waals surface area contributed by atoms with E-state index in [1.54, 1.807) is 0 Å². The molecule has 0 saturated carbocycles. The third-order valence-corrected chi connectivity index (χ3v) is 5.68. The number of rotatable bonds is 7. The SMILES string of the molecule is CC1CCN(c2ccc(CNC(=O)NCCNc3ccc4ccccc4n3)cn2)CC1. The highest BCUT2D eigenvalue weighted by Gasteiger charge is 2.16. The Morgan fingerprint density at radius 3 is 2.68 bits per heavy atom. The second kappa shape index (κ2) is 10.1. The molecule has 31 heavy (non-hydrogen) atoms. The van der Waals surface area contributed by atoms with Gasteiger partial charge in [-0.3, -0.25) is 0 Å². The van der Waals surface area contributed by atoms with Gasteiger partial charge in [-0.25, -0.2) is 14.8 Å². The smallest absolute Gasteiger partial charge is 0.315 e. The van der Waals surface area contributed by atoms with E-state index < -0.39 is 0 Å². The van der Waals surface area contributed by atoms with Crippen LogP contribution in [-0.4, -0.2) is 42.2 Å². The average Bonchev–Trinajstić information content (AvgIpc) is 2.81. The first-order valence-corrected chi connectivity index (χ1v) is 11.0. The van der Waals surface area contributed by atoms with Gasteiger partial charge in [-0.05, 0) is 48.6 Å². The summed E-state index contributed by atoms with van der Waals surface area (Å²) >= 11 is 0. The van der Waals surface area contributed by atoms with Crippen LogP contribution in [-0.2, 0) is 6.54 Å². The van der Waals surface area contributed by atoms with Crippen molar-refractivity contribution in [2.24, 2.45) is 5.92 Å². The molecule has 0 radical (unpaired) electrons. The maximum Gasteiger partial charge on any atom is 0.315 e. The molecule has 0 spiro atoms. The van der Waals surface area contributed by atoms with Gasteiger partial charge in [-0.2, -0.15) is 0 Å². The number of para-hydroxylation sites is 1. The Hall–Kier alpha value is -3.35. The van der Waals surface area contributed by atoms with Crippen LogP contribution in [0.5, 0.6) is 0 Å². The van der Waals surface area contributed by atoms with Crippen LogP contribution in [0.4, 0.5) is 16.4 Å². The number of urea groups is 1. The van der Waals surface area contributed by atoms with Crippen molar-refractivity contribution in [3.8, 4) is 0 Å². The summed E-state index contributed by atoms with van der Waals surface area (Å²) in [6, 6.07) is 15.9. The Kier molecular flexibility index (Phi) is 6.82. The number of amides is 2. The Bertz CT molecular complexity index is 998. The lowest BCUT2D eigenvalue weighted by Gasteiger charge is -2.31. The maximum atomic E-state index is 12.1. The number of hydrogen-bond acceptors (Lipinski definition) is 5. The fourth-order valence-electron chi connectivity index (χ4n) is 3.72. The quantitative estimate of drug-likeness (QED) is 0.509. The van der Waals surface area contributed by atoms with Gasteiger partial charge < -0.3 is 20.9 Å². The molecule has 0 aliphatic carbocycles. The first-order valence-electron chi connectivity index (χ1n) is 11.0. The van der Waals surface area contributed by atoms with Gasteiger partial charge in [0.25, 0.3) is 0 Å². The van der Waals surface area contributed by atoms with Crippen LogP contribution < -0.4 is 20.9 Å². The number of pyridine rings is 2. The molecule has 3 aromatic rings. The number of anilines is 2. The number of nitrogens with one attached hydrogen (secondary N) is 3. The molecule has 1 aliphatic heterocycles. The number of benzene rings is 1. The van der Waals surface area contributed by atoms with Crippen molar-refractivity contribution < 1.29 is 4.79 Å². The number of piperidine rings is 1. The Morgan fingerprint density at radius 1 is 1.03 bits per heavy atom. The van der Waals surface area contributed by atoms with Crippen LogP contribution in [0.1, 0.15) is 25.3 Å². The van der Waals surface area contributed by atoms with Crippen LogP contribution in [0.3, 0.4) is 0 Å². The van der Waals surface area contributed by atoms with E-state index in [1.807, 2.05) is 54.7 Å². The maximum absolute atomic E-state index is 12.1. The van der Waals surface area contributed by atoms with E-state index in [9.17, 15) is 4.79 Å². The number of fused-ring (bicyclic) bond motifs is 1. The van der Waals surface area contributed by atoms with Crippen molar-refractivity contribution in [2.45, 2.75) is 26.3 Å². The van der Waals surface area contributed by atoms with Crippen LogP contribution in [0.2, 0.25) is 0 Å². The third kappa shape index (κ3) is 5.84. The minimum absolute atomic E-state index is 0.192. The first kappa shape index (κ1) is 20.9. The average molecular weight is 419 g/mol. The summed E-state index contributed by atoms with van der Waals surface area (Å²) in [5.74, 6) is 2.63. The highest BCUT2D eigenvalue weighted by Crippen LogP contribution is 2.21. The summed E-state index contributed by atoms with van der Waals surface area (Å²) in [6.45, 7) is 6.00. The fourth-order valence-corrected chi connectivity index (χ4v) is 3.72. The number of carbonyl (C=O) groups excluding carboxylic acids is 1. The summed E-state index contributed by atoms with van der Waals surface area (Å²) in [5, 5.41) is 10.1. The lowest BCUT2D eigenvalue weighted by Crippen LogP contribution is -2.37. The number of aromatic nitrogens is 2. The van der Waals surface area contributed by atoms with Gasteiger partial charge in [-0.15, -0.1) is 0 Å². The van der Waals surface area contributed by atoms with E-state index in [2.05, 4.69) is 37.7 Å². The van der Waals surface area contributed by atoms with Gasteiger partial charge in [-0.1, -0.05) is 31.2 Å². The Balaban J connectivity index is 1.15. The molecule has 162 valence electrons. The van der Waals surface area contributed by atoms with Gasteiger partial charge in [0, 0.05) is 44.3 Å². The van der Waals surface area contributed by atoms with E-state index in [1.165, 1.54) is 12.8 Å². The first-order chi connectivity index (χ1) is 15.2. The molecule has 1 saturated heterocycles. The van der Waals surface area contributed by atoms with Gasteiger partial charge in [0.15, 0.2) is 0 Å². The summed E-state index contributed by atoms with van der Waals surface area (Å²) in [7, 11) is 0. The van der Waals surface area contributed by atoms with Crippen molar-refractivity contribution >= 4 is 28.6 Å². The zero-order chi connectivity index (χ0) is 21.5. The van der Waals surface area contributed by atoms with E-state index in [0.29, 0.717) is 19.6 Å². The molecule has 3 N–H and O–H groups in total. The largest absolute Gasteiger partial charge is 0.368 e. The van der Waals surface area contributed by atoms with Gasteiger partial charge in [0.2, 0.25) is 0 Å². The lowest BCUT2D eigenvalue weighted by atomic mass is 9.99. The molecule has 0 bridgehead atoms. The van der Waals surface area contributed by atoms with Crippen LogP contribution in [0, 0.1) is 5.92 Å². The zero-order valence-electron chi connectivity index (χ0n) is 18.0. The van der Waals surface area contributed by atoms with E-state index in [0.717, 1.165) is 47.1 Å². The van der Waals surface area contributed by atoms with Crippen molar-refractivity contribution in [1.82, 2.24) is 20.6 Å². The number of nitrogens with zero attached hydrogens (tertiary/aromatic N) is 3. The van der Waals surface area contributed by atoms with Crippen molar-refractivity contribution in [3.05, 3.63) is 60.3 Å². The van der Waals surface area contributed by atoms with E-state index >= 15 is 0 Å². The minimum atomic E-state index is -0.192. The molecule has 1 fully saturated rings. The normalized spacial score (nSPS) is 14.4. The van der Waals surface area contributed by atoms with E-state index in [4.69, 9.17) is 0 Å². The molecule has 7 heteroatoms. The molecule has 3 heterocycles. The van der Waals surface area contributed by atoms with Gasteiger partial charge in [0.05, 0.1) is 5.52 Å². The summed E-state index contributed by atoms with van der Waals surface area (Å²) in [6.07, 6.45) is 4.29. The second-order valence-electron chi connectivity index (χ2n) is 8.12. The summed E-state index contributed by atoms with van der Waals surface area (Å²) in [4.78, 5) is 23.5. The molecule has 4 rings (SSSR count). The molecule has 0 atom stereocenters. The van der Waals surface area contributed by atoms with Crippen LogP contribution >= 0.6 is 0 Å². The molecule has 7 nitrogen and oxygen atoms in total. The summed E-state index contributed by atoms with van der Waals surface area (Å²) < 4.78 is 0. The highest BCUT2D eigenvalue weighted by molar-refractivity contribution is 5.80.